The van der Waals surface area contributed by atoms with Crippen LogP contribution in [0.1, 0.15) is 31.2 Å². The van der Waals surface area contributed by atoms with E-state index < -0.39 is 17.7 Å². The zero-order chi connectivity index (χ0) is 28.1. The number of halogens is 1. The molecule has 4 aromatic rings. The summed E-state index contributed by atoms with van der Waals surface area (Å²) in [6, 6.07) is 17.4. The number of hydrogen-bond donors (Lipinski definition) is 3. The number of carbonyl (C=O) groups is 2. The smallest absolute Gasteiger partial charge is 0.330 e. The number of nitrogens with zero attached hydrogens (tertiary/aromatic N) is 3. The quantitative estimate of drug-likeness (QED) is 0.286. The molecular weight excluding hydrogens is 544 g/mol. The molecule has 5 rings (SSSR count). The predicted molar refractivity (Wildman–Crippen MR) is 158 cm³/mol. The fraction of sp³-hybridized carbons (Fsp3) is 0.300. The van der Waals surface area contributed by atoms with Crippen molar-refractivity contribution >= 4 is 29.9 Å². The van der Waals surface area contributed by atoms with Crippen molar-refractivity contribution in [3.8, 4) is 22.5 Å². The molecular formula is C30H33ClN6O4. The normalized spacial score (nSPS) is 17.3. The second kappa shape index (κ2) is 13.5. The van der Waals surface area contributed by atoms with Gasteiger partial charge in [0.05, 0.1) is 11.7 Å². The van der Waals surface area contributed by atoms with Gasteiger partial charge >= 0.3 is 5.76 Å². The molecule has 1 aliphatic rings. The van der Waals surface area contributed by atoms with Crippen molar-refractivity contribution in [1.82, 2.24) is 15.1 Å². The molecule has 10 nitrogen and oxygen atoms in total. The summed E-state index contributed by atoms with van der Waals surface area (Å²) in [4.78, 5) is 46.7. The summed E-state index contributed by atoms with van der Waals surface area (Å²) in [5.41, 5.74) is 16.2. The van der Waals surface area contributed by atoms with Gasteiger partial charge in [0, 0.05) is 23.9 Å². The number of aromatic amines is 1. The van der Waals surface area contributed by atoms with Crippen LogP contribution in [0.5, 0.6) is 0 Å². The summed E-state index contributed by atoms with van der Waals surface area (Å²) in [5, 5.41) is 3.70. The Morgan fingerprint density at radius 3 is 2.12 bits per heavy atom. The number of anilines is 1. The molecule has 5 N–H and O–H groups in total. The van der Waals surface area contributed by atoms with E-state index in [0.29, 0.717) is 36.6 Å². The molecule has 0 saturated heterocycles. The van der Waals surface area contributed by atoms with E-state index in [1.807, 2.05) is 36.4 Å². The van der Waals surface area contributed by atoms with E-state index in [2.05, 4.69) is 19.6 Å². The lowest BCUT2D eigenvalue weighted by atomic mass is 9.81. The third-order valence-electron chi connectivity index (χ3n) is 7.55. The van der Waals surface area contributed by atoms with Crippen LogP contribution in [-0.4, -0.2) is 39.5 Å². The van der Waals surface area contributed by atoms with Gasteiger partial charge in [-0.1, -0.05) is 29.4 Å². The van der Waals surface area contributed by atoms with E-state index >= 15 is 0 Å². The number of pyridine rings is 1. The first-order chi connectivity index (χ1) is 19.4. The summed E-state index contributed by atoms with van der Waals surface area (Å²) in [6.45, 7) is 0.597. The monoisotopic (exact) mass is 576 g/mol. The highest BCUT2D eigenvalue weighted by molar-refractivity contribution is 6.17. The minimum absolute atomic E-state index is 0. The summed E-state index contributed by atoms with van der Waals surface area (Å²) < 4.78 is 4.58. The fourth-order valence-corrected chi connectivity index (χ4v) is 5.20. The molecule has 0 radical (unpaired) electrons. The van der Waals surface area contributed by atoms with Gasteiger partial charge in [0.1, 0.15) is 0 Å². The van der Waals surface area contributed by atoms with Crippen LogP contribution < -0.4 is 22.1 Å². The van der Waals surface area contributed by atoms with E-state index in [9.17, 15) is 14.4 Å². The van der Waals surface area contributed by atoms with E-state index in [1.165, 1.54) is 4.90 Å². The molecule has 2 heterocycles. The molecule has 1 saturated carbocycles. The van der Waals surface area contributed by atoms with Crippen LogP contribution >= 0.6 is 12.4 Å². The number of rotatable bonds is 8. The Morgan fingerprint density at radius 2 is 1.54 bits per heavy atom. The summed E-state index contributed by atoms with van der Waals surface area (Å²) >= 11 is 0. The van der Waals surface area contributed by atoms with Crippen LogP contribution in [0.4, 0.5) is 5.69 Å². The first kappa shape index (κ1) is 29.9. The number of hydrogen-bond acceptors (Lipinski definition) is 8. The summed E-state index contributed by atoms with van der Waals surface area (Å²) in [5.74, 6) is -1.02. The molecule has 41 heavy (non-hydrogen) atoms. The molecule has 2 aromatic heterocycles. The Balaban J connectivity index is 0.00000387. The lowest BCUT2D eigenvalue weighted by Gasteiger charge is -2.32. The van der Waals surface area contributed by atoms with Crippen LogP contribution in [0.3, 0.4) is 0 Å². The van der Waals surface area contributed by atoms with Crippen LogP contribution in [0.25, 0.3) is 22.5 Å². The highest BCUT2D eigenvalue weighted by atomic mass is 35.5. The van der Waals surface area contributed by atoms with Crippen molar-refractivity contribution in [1.29, 1.82) is 0 Å². The van der Waals surface area contributed by atoms with Crippen LogP contribution in [-0.2, 0) is 16.0 Å². The van der Waals surface area contributed by atoms with Gasteiger partial charge in [-0.2, -0.15) is 0 Å². The number of nitrogens with two attached hydrogens (primary N) is 2. The van der Waals surface area contributed by atoms with Crippen LogP contribution in [0.2, 0.25) is 0 Å². The van der Waals surface area contributed by atoms with E-state index in [4.69, 9.17) is 11.5 Å². The molecule has 2 amide bonds. The summed E-state index contributed by atoms with van der Waals surface area (Å²) in [6.07, 6.45) is 6.81. The molecule has 0 aliphatic heterocycles. The highest BCUT2D eigenvalue weighted by Gasteiger charge is 2.35. The molecule has 0 unspecified atom stereocenters. The molecule has 2 aromatic carbocycles. The van der Waals surface area contributed by atoms with Gasteiger partial charge in [0.2, 0.25) is 5.91 Å². The lowest BCUT2D eigenvalue weighted by molar-refractivity contribution is -0.130. The highest BCUT2D eigenvalue weighted by Crippen LogP contribution is 2.32. The average Bonchev–Trinajstić information content (AvgIpc) is 3.44. The molecule has 1 aliphatic carbocycles. The third-order valence-corrected chi connectivity index (χ3v) is 7.55. The van der Waals surface area contributed by atoms with Crippen LogP contribution in [0.15, 0.2) is 82.4 Å². The maximum Gasteiger partial charge on any atom is 0.439 e. The topological polar surface area (TPSA) is 161 Å². The number of carbonyl (C=O) groups excluding carboxylic acids is 2. The van der Waals surface area contributed by atoms with Crippen molar-refractivity contribution in [2.24, 2.45) is 23.3 Å². The molecule has 1 atom stereocenters. The van der Waals surface area contributed by atoms with Crippen molar-refractivity contribution in [2.45, 2.75) is 38.1 Å². The third kappa shape index (κ3) is 6.97. The standard InChI is InChI=1S/C30H32N6O4.ClH/c31-18-20-3-7-24(8-4-20)28(37)36(25-11-9-23(10-12-25)27-34-30(39)40-35-27)29(38)26(32)17-19-1-5-21(6-2-19)22-13-15-33-16-14-22;/h1-2,5-6,9-16,20,24,26H,3-4,7-8,17-18,31-32H2,(H,34,35,39);1H/t20?,24?,26-;/m0./s1. The van der Waals surface area contributed by atoms with Gasteiger partial charge in [0.15, 0.2) is 5.82 Å². The maximum atomic E-state index is 13.8. The second-order valence-corrected chi connectivity index (χ2v) is 10.2. The van der Waals surface area contributed by atoms with Crippen molar-refractivity contribution in [3.63, 3.8) is 0 Å². The predicted octanol–water partition coefficient (Wildman–Crippen LogP) is 3.71. The van der Waals surface area contributed by atoms with Crippen molar-refractivity contribution in [2.75, 3.05) is 11.4 Å². The fourth-order valence-electron chi connectivity index (χ4n) is 5.20. The Kier molecular flexibility index (Phi) is 9.82. The molecule has 0 spiro atoms. The van der Waals surface area contributed by atoms with E-state index in [0.717, 1.165) is 29.5 Å². The van der Waals surface area contributed by atoms with Gasteiger partial charge in [-0.15, -0.1) is 12.4 Å². The molecule has 0 bridgehead atoms. The van der Waals surface area contributed by atoms with E-state index in [-0.39, 0.29) is 36.5 Å². The largest absolute Gasteiger partial charge is 0.439 e. The number of H-pyrrole nitrogens is 1. The SMILES string of the molecule is Cl.NCC1CCC(C(=O)N(C(=O)[C@@H](N)Cc2ccc(-c3ccncc3)cc2)c2ccc(-c3noc(=O)[nH]3)cc2)CC1. The number of imide groups is 1. The molecule has 214 valence electrons. The Morgan fingerprint density at radius 1 is 0.927 bits per heavy atom. The zero-order valence-corrected chi connectivity index (χ0v) is 23.3. The number of benzene rings is 2. The van der Waals surface area contributed by atoms with Crippen LogP contribution in [0, 0.1) is 11.8 Å². The Labute approximate surface area is 243 Å². The minimum Gasteiger partial charge on any atom is -0.330 e. The average molecular weight is 577 g/mol. The second-order valence-electron chi connectivity index (χ2n) is 10.2. The number of amides is 2. The van der Waals surface area contributed by atoms with Crippen molar-refractivity contribution < 1.29 is 14.1 Å². The number of nitrogens with one attached hydrogen (secondary N) is 1. The Bertz CT molecular complexity index is 1500. The maximum absolute atomic E-state index is 13.8. The van der Waals surface area contributed by atoms with Crippen molar-refractivity contribution in [3.05, 3.63) is 89.2 Å². The lowest BCUT2D eigenvalue weighted by Crippen LogP contribution is -2.50. The van der Waals surface area contributed by atoms with Gasteiger partial charge in [-0.3, -0.25) is 24.1 Å². The first-order valence-corrected chi connectivity index (χ1v) is 13.4. The van der Waals surface area contributed by atoms with E-state index in [1.54, 1.807) is 36.7 Å². The summed E-state index contributed by atoms with van der Waals surface area (Å²) in [7, 11) is 0. The zero-order valence-electron chi connectivity index (χ0n) is 22.4. The molecule has 1 fully saturated rings. The van der Waals surface area contributed by atoms with Gasteiger partial charge < -0.3 is 11.5 Å². The first-order valence-electron chi connectivity index (χ1n) is 13.4. The minimum atomic E-state index is -0.928. The van der Waals surface area contributed by atoms with Gasteiger partial charge in [0.25, 0.3) is 5.91 Å². The Hall–Kier alpha value is -4.12. The van der Waals surface area contributed by atoms with Gasteiger partial charge in [-0.05, 0) is 97.7 Å². The molecule has 11 heteroatoms. The van der Waals surface area contributed by atoms with Gasteiger partial charge in [-0.25, -0.2) is 9.69 Å². The number of aromatic nitrogens is 3.